The van der Waals surface area contributed by atoms with Crippen LogP contribution in [0.25, 0.3) is 0 Å². The summed E-state index contributed by atoms with van der Waals surface area (Å²) in [4.78, 5) is 0. The molecular formula is C14H21N3S. The minimum Gasteiger partial charge on any atom is -0.384 e. The molecule has 2 rings (SSSR count). The molecule has 0 bridgehead atoms. The molecule has 2 N–H and O–H groups in total. The summed E-state index contributed by atoms with van der Waals surface area (Å²) in [5.41, 5.74) is 9.06. The van der Waals surface area contributed by atoms with Gasteiger partial charge in [0.05, 0.1) is 5.56 Å². The van der Waals surface area contributed by atoms with Crippen LogP contribution in [0.2, 0.25) is 0 Å². The zero-order valence-corrected chi connectivity index (χ0v) is 12.2. The Bertz CT molecular complexity index is 484. The average molecular weight is 263 g/mol. The number of anilines is 1. The predicted molar refractivity (Wildman–Crippen MR) is 77.8 cm³/mol. The number of nitrogens with two attached hydrogens (primary N) is 1. The molecule has 1 aliphatic rings. The predicted octanol–water partition coefficient (Wildman–Crippen LogP) is 3.41. The Morgan fingerprint density at radius 3 is 2.56 bits per heavy atom. The van der Waals surface area contributed by atoms with E-state index in [0.717, 1.165) is 11.3 Å². The van der Waals surface area contributed by atoms with E-state index < -0.39 is 0 Å². The highest BCUT2D eigenvalue weighted by Gasteiger charge is 2.29. The second-order valence-electron chi connectivity index (χ2n) is 5.08. The SMILES string of the molecule is CSC1CCCCC1n1c(C)c(C)c(C#N)c1N. The maximum atomic E-state index is 9.21. The lowest BCUT2D eigenvalue weighted by Crippen LogP contribution is -2.27. The van der Waals surface area contributed by atoms with Crippen molar-refractivity contribution in [2.75, 3.05) is 12.0 Å². The monoisotopic (exact) mass is 263 g/mol. The van der Waals surface area contributed by atoms with Gasteiger partial charge in [-0.25, -0.2) is 0 Å². The van der Waals surface area contributed by atoms with E-state index in [-0.39, 0.29) is 0 Å². The molecule has 0 spiro atoms. The van der Waals surface area contributed by atoms with Gasteiger partial charge in [-0.2, -0.15) is 17.0 Å². The van der Waals surface area contributed by atoms with Gasteiger partial charge < -0.3 is 10.3 Å². The van der Waals surface area contributed by atoms with Crippen LogP contribution in [0, 0.1) is 25.2 Å². The van der Waals surface area contributed by atoms with Crippen molar-refractivity contribution in [3.8, 4) is 6.07 Å². The number of nitriles is 1. The molecule has 0 radical (unpaired) electrons. The van der Waals surface area contributed by atoms with Crippen molar-refractivity contribution in [1.82, 2.24) is 4.57 Å². The number of aromatic nitrogens is 1. The minimum atomic E-state index is 0.453. The van der Waals surface area contributed by atoms with Gasteiger partial charge in [0.1, 0.15) is 11.9 Å². The van der Waals surface area contributed by atoms with Crippen molar-refractivity contribution in [3.63, 3.8) is 0 Å². The Labute approximate surface area is 113 Å². The standard InChI is InChI=1S/C14H21N3S/c1-9-10(2)17(14(16)11(9)8-15)12-6-4-5-7-13(12)18-3/h12-13H,4-7,16H2,1-3H3. The van der Waals surface area contributed by atoms with E-state index in [9.17, 15) is 5.26 Å². The number of thioether (sulfide) groups is 1. The topological polar surface area (TPSA) is 54.7 Å². The van der Waals surface area contributed by atoms with Crippen LogP contribution in [0.1, 0.15) is 48.5 Å². The molecule has 0 saturated heterocycles. The van der Waals surface area contributed by atoms with Gasteiger partial charge in [-0.15, -0.1) is 0 Å². The third-order valence-electron chi connectivity index (χ3n) is 4.21. The minimum absolute atomic E-state index is 0.453. The molecule has 4 heteroatoms. The lowest BCUT2D eigenvalue weighted by molar-refractivity contribution is 0.364. The Morgan fingerprint density at radius 2 is 2.00 bits per heavy atom. The lowest BCUT2D eigenvalue weighted by Gasteiger charge is -2.33. The number of rotatable bonds is 2. The molecule has 0 amide bonds. The van der Waals surface area contributed by atoms with Crippen molar-refractivity contribution in [3.05, 3.63) is 16.8 Å². The second-order valence-corrected chi connectivity index (χ2v) is 6.16. The third-order valence-corrected chi connectivity index (χ3v) is 5.36. The summed E-state index contributed by atoms with van der Waals surface area (Å²) in [5, 5.41) is 9.83. The molecule has 3 nitrogen and oxygen atoms in total. The summed E-state index contributed by atoms with van der Waals surface area (Å²) in [5.74, 6) is 0.665. The van der Waals surface area contributed by atoms with Crippen LogP contribution in [-0.4, -0.2) is 16.1 Å². The zero-order valence-electron chi connectivity index (χ0n) is 11.4. The number of hydrogen-bond acceptors (Lipinski definition) is 3. The number of nitrogen functional groups attached to an aromatic ring is 1. The van der Waals surface area contributed by atoms with Gasteiger partial charge >= 0.3 is 0 Å². The molecule has 1 saturated carbocycles. The Morgan fingerprint density at radius 1 is 1.33 bits per heavy atom. The van der Waals surface area contributed by atoms with Crippen molar-refractivity contribution in [2.45, 2.75) is 50.8 Å². The smallest absolute Gasteiger partial charge is 0.122 e. The van der Waals surface area contributed by atoms with Gasteiger partial charge in [-0.3, -0.25) is 0 Å². The van der Waals surface area contributed by atoms with E-state index in [4.69, 9.17) is 5.73 Å². The summed E-state index contributed by atoms with van der Waals surface area (Å²) in [6.45, 7) is 4.08. The molecule has 98 valence electrons. The first-order valence-corrected chi connectivity index (χ1v) is 7.80. The zero-order chi connectivity index (χ0) is 13.3. The normalized spacial score (nSPS) is 23.9. The first kappa shape index (κ1) is 13.4. The molecular weight excluding hydrogens is 242 g/mol. The molecule has 1 aromatic heterocycles. The van der Waals surface area contributed by atoms with Crippen LogP contribution < -0.4 is 5.73 Å². The van der Waals surface area contributed by atoms with Crippen LogP contribution in [0.5, 0.6) is 0 Å². The lowest BCUT2D eigenvalue weighted by atomic mass is 9.94. The number of hydrogen-bond donors (Lipinski definition) is 1. The van der Waals surface area contributed by atoms with Gasteiger partial charge in [-0.05, 0) is 38.5 Å². The van der Waals surface area contributed by atoms with Crippen molar-refractivity contribution >= 4 is 17.6 Å². The fourth-order valence-corrected chi connectivity index (χ4v) is 4.05. The van der Waals surface area contributed by atoms with E-state index in [1.54, 1.807) is 0 Å². The van der Waals surface area contributed by atoms with E-state index in [0.29, 0.717) is 22.7 Å². The first-order chi connectivity index (χ1) is 8.61. The first-order valence-electron chi connectivity index (χ1n) is 6.51. The van der Waals surface area contributed by atoms with Crippen LogP contribution >= 0.6 is 11.8 Å². The van der Waals surface area contributed by atoms with E-state index in [1.807, 2.05) is 18.7 Å². The van der Waals surface area contributed by atoms with Gasteiger partial charge in [0.15, 0.2) is 0 Å². The third kappa shape index (κ3) is 2.01. The van der Waals surface area contributed by atoms with Gasteiger partial charge in [0, 0.05) is 17.0 Å². The number of nitrogens with zero attached hydrogens (tertiary/aromatic N) is 2. The van der Waals surface area contributed by atoms with Crippen molar-refractivity contribution in [2.24, 2.45) is 0 Å². The summed E-state index contributed by atoms with van der Waals surface area (Å²) < 4.78 is 2.22. The quantitative estimate of drug-likeness (QED) is 0.889. The molecule has 0 aromatic carbocycles. The summed E-state index contributed by atoms with van der Waals surface area (Å²) >= 11 is 1.93. The van der Waals surface area contributed by atoms with Crippen LogP contribution in [0.3, 0.4) is 0 Å². The van der Waals surface area contributed by atoms with E-state index in [1.165, 1.54) is 25.7 Å². The molecule has 0 aliphatic heterocycles. The molecule has 1 aliphatic carbocycles. The largest absolute Gasteiger partial charge is 0.384 e. The highest BCUT2D eigenvalue weighted by atomic mass is 32.2. The highest BCUT2D eigenvalue weighted by Crippen LogP contribution is 2.39. The molecule has 1 heterocycles. The Hall–Kier alpha value is -1.08. The van der Waals surface area contributed by atoms with E-state index in [2.05, 4.69) is 23.8 Å². The van der Waals surface area contributed by atoms with Gasteiger partial charge in [0.25, 0.3) is 0 Å². The highest BCUT2D eigenvalue weighted by molar-refractivity contribution is 7.99. The van der Waals surface area contributed by atoms with Crippen molar-refractivity contribution < 1.29 is 0 Å². The van der Waals surface area contributed by atoms with Crippen molar-refractivity contribution in [1.29, 1.82) is 5.26 Å². The average Bonchev–Trinajstić information content (AvgIpc) is 2.60. The van der Waals surface area contributed by atoms with Gasteiger partial charge in [0.2, 0.25) is 0 Å². The molecule has 2 unspecified atom stereocenters. The Kier molecular flexibility index (Phi) is 3.91. The Balaban J connectivity index is 2.47. The van der Waals surface area contributed by atoms with Gasteiger partial charge in [-0.1, -0.05) is 12.8 Å². The van der Waals surface area contributed by atoms with E-state index >= 15 is 0 Å². The fraction of sp³-hybridized carbons (Fsp3) is 0.643. The molecule has 1 aromatic rings. The van der Waals surface area contributed by atoms with Crippen LogP contribution in [0.15, 0.2) is 0 Å². The maximum absolute atomic E-state index is 9.21. The molecule has 1 fully saturated rings. The fourth-order valence-electron chi connectivity index (χ4n) is 3.07. The van der Waals surface area contributed by atoms with Crippen LogP contribution in [0.4, 0.5) is 5.82 Å². The summed E-state index contributed by atoms with van der Waals surface area (Å²) in [7, 11) is 0. The second kappa shape index (κ2) is 5.27. The summed E-state index contributed by atoms with van der Waals surface area (Å²) in [6.07, 6.45) is 7.18. The molecule has 2 atom stereocenters. The van der Waals surface area contributed by atoms with Crippen LogP contribution in [-0.2, 0) is 0 Å². The molecule has 18 heavy (non-hydrogen) atoms. The maximum Gasteiger partial charge on any atom is 0.122 e. The summed E-state index contributed by atoms with van der Waals surface area (Å²) in [6, 6.07) is 2.70.